The predicted octanol–water partition coefficient (Wildman–Crippen LogP) is 21.3. The Bertz CT molecular complexity index is 5090. The molecule has 0 unspecified atom stereocenters. The summed E-state index contributed by atoms with van der Waals surface area (Å²) in [6.07, 6.45) is 6.83. The van der Waals surface area contributed by atoms with Crippen LogP contribution >= 0.6 is 0 Å². The number of hydrogen-bond acceptors (Lipinski definition) is 3. The predicted molar refractivity (Wildman–Crippen MR) is 386 cm³/mol. The minimum absolute atomic E-state index is 0.00307. The van der Waals surface area contributed by atoms with Gasteiger partial charge in [0.05, 0.1) is 28.1 Å². The Hall–Kier alpha value is -8.02. The first-order valence-corrected chi connectivity index (χ1v) is 34.2. The number of rotatable bonds is 3. The Labute approximate surface area is 539 Å². The van der Waals surface area contributed by atoms with Crippen LogP contribution in [0.4, 0.5) is 34.1 Å². The van der Waals surface area contributed by atoms with Crippen molar-refractivity contribution in [1.29, 1.82) is 0 Å². The summed E-state index contributed by atoms with van der Waals surface area (Å²) in [6, 6.07) is 63.1. The molecule has 454 valence electrons. The van der Waals surface area contributed by atoms with Crippen LogP contribution in [0.1, 0.15) is 205 Å². The van der Waals surface area contributed by atoms with Crippen LogP contribution in [0.25, 0.3) is 60.7 Å². The summed E-state index contributed by atoms with van der Waals surface area (Å²) < 4.78 is 10.6. The lowest BCUT2D eigenvalue weighted by atomic mass is 9.35. The zero-order chi connectivity index (χ0) is 63.0. The van der Waals surface area contributed by atoms with E-state index in [2.05, 4.69) is 283 Å². The minimum atomic E-state index is -0.252. The van der Waals surface area contributed by atoms with Gasteiger partial charge in [-0.2, -0.15) is 0 Å². The van der Waals surface area contributed by atoms with E-state index in [4.69, 9.17) is 4.42 Å². The average molecular weight is 1190 g/mol. The molecule has 91 heavy (non-hydrogen) atoms. The summed E-state index contributed by atoms with van der Waals surface area (Å²) in [6.45, 7) is 39.4. The molecule has 0 N–H and O–H groups in total. The maximum atomic E-state index is 7.91. The minimum Gasteiger partial charge on any atom is -0.468 e. The third kappa shape index (κ3) is 7.25. The van der Waals surface area contributed by atoms with E-state index in [-0.39, 0.29) is 50.0 Å². The molecular formula is C86H86BN3O. The molecule has 0 saturated carbocycles. The van der Waals surface area contributed by atoms with Crippen LogP contribution in [-0.4, -0.2) is 11.3 Å². The molecule has 4 heterocycles. The Kier molecular flexibility index (Phi) is 10.8. The molecule has 7 aliphatic rings. The lowest BCUT2D eigenvalue weighted by Crippen LogP contribution is -2.61. The molecule has 0 bridgehead atoms. The molecule has 0 saturated heterocycles. The van der Waals surface area contributed by atoms with Crippen LogP contribution in [0.15, 0.2) is 162 Å². The van der Waals surface area contributed by atoms with E-state index < -0.39 is 0 Å². The van der Waals surface area contributed by atoms with Crippen molar-refractivity contribution in [3.63, 3.8) is 0 Å². The van der Waals surface area contributed by atoms with Gasteiger partial charge >= 0.3 is 0 Å². The highest BCUT2D eigenvalue weighted by Crippen LogP contribution is 2.59. The summed E-state index contributed by atoms with van der Waals surface area (Å²) in [4.78, 5) is 5.39. The van der Waals surface area contributed by atoms with E-state index in [1.54, 1.807) is 0 Å². The van der Waals surface area contributed by atoms with Gasteiger partial charge in [0.1, 0.15) is 5.58 Å². The fourth-order valence-electron chi connectivity index (χ4n) is 19.4. The number of aromatic nitrogens is 1. The fraction of sp³-hybridized carbons (Fsp3) is 0.349. The third-order valence-corrected chi connectivity index (χ3v) is 25.1. The Morgan fingerprint density at radius 1 is 0.352 bits per heavy atom. The molecule has 0 atom stereocenters. The van der Waals surface area contributed by atoms with Crippen molar-refractivity contribution in [3.05, 3.63) is 213 Å². The van der Waals surface area contributed by atoms with E-state index in [1.807, 2.05) is 0 Å². The zero-order valence-corrected chi connectivity index (χ0v) is 56.6. The smallest absolute Gasteiger partial charge is 0.297 e. The summed E-state index contributed by atoms with van der Waals surface area (Å²) >= 11 is 0. The molecule has 4 nitrogen and oxygen atoms in total. The first-order valence-electron chi connectivity index (χ1n) is 34.2. The molecule has 9 aromatic carbocycles. The van der Waals surface area contributed by atoms with Crippen molar-refractivity contribution in [2.24, 2.45) is 0 Å². The Morgan fingerprint density at radius 2 is 0.890 bits per heavy atom. The highest BCUT2D eigenvalue weighted by Gasteiger charge is 2.51. The lowest BCUT2D eigenvalue weighted by Gasteiger charge is -2.47. The van der Waals surface area contributed by atoms with Gasteiger partial charge in [-0.05, 0) is 233 Å². The molecule has 18 rings (SSSR count). The van der Waals surface area contributed by atoms with Crippen molar-refractivity contribution in [1.82, 2.24) is 4.57 Å². The largest absolute Gasteiger partial charge is 0.468 e. The van der Waals surface area contributed by atoms with Gasteiger partial charge in [-0.25, -0.2) is 0 Å². The number of fused-ring (bicyclic) bond motifs is 19. The maximum absolute atomic E-state index is 7.91. The third-order valence-electron chi connectivity index (χ3n) is 25.1. The number of furan rings is 1. The van der Waals surface area contributed by atoms with Gasteiger partial charge < -0.3 is 18.8 Å². The van der Waals surface area contributed by atoms with Gasteiger partial charge in [0.25, 0.3) is 6.71 Å². The van der Waals surface area contributed by atoms with Crippen LogP contribution in [0, 0.1) is 0 Å². The van der Waals surface area contributed by atoms with Gasteiger partial charge in [0.2, 0.25) is 0 Å². The van der Waals surface area contributed by atoms with Gasteiger partial charge in [0.15, 0.2) is 0 Å². The molecule has 2 aliphatic heterocycles. The molecule has 0 spiro atoms. The van der Waals surface area contributed by atoms with Crippen LogP contribution in [-0.2, 0) is 43.3 Å². The second-order valence-corrected chi connectivity index (χ2v) is 34.0. The van der Waals surface area contributed by atoms with Gasteiger partial charge in [-0.15, -0.1) is 0 Å². The molecule has 0 radical (unpaired) electrons. The van der Waals surface area contributed by atoms with Crippen LogP contribution in [0.2, 0.25) is 0 Å². The van der Waals surface area contributed by atoms with Crippen molar-refractivity contribution < 1.29 is 4.42 Å². The number of benzene rings is 9. The van der Waals surface area contributed by atoms with Crippen LogP contribution in [0.5, 0.6) is 0 Å². The molecule has 11 aromatic rings. The molecule has 5 aliphatic carbocycles. The Balaban J connectivity index is 1.02. The van der Waals surface area contributed by atoms with Crippen LogP contribution in [0.3, 0.4) is 0 Å². The standard InChI is InChI=1S/C86H86BN3O/c1-79(2)34-35-80(3,4)62-40-50(30-32-60(62)79)88-70-47-65-64(82(7,8)37-38-83(65,9)10)45-67(70)87-76-71(88)41-51(42-72(76)90(49-24-18-17-19-25-49)77-57-44-63-66(48-73(57)91-78(77)87)84(11,12)39-36-81(63,5)6)89-68-33-31-54-52-26-20-23-29-59(52)86(15,16)75(54)74(68)56-43-55-53-27-21-22-28-58(53)85(13,14)61(55)46-69(56)89/h17-33,40-48H,34-39H2,1-16H3. The molecule has 5 heteroatoms. The van der Waals surface area contributed by atoms with Crippen molar-refractivity contribution in [2.45, 2.75) is 193 Å². The van der Waals surface area contributed by atoms with Gasteiger partial charge in [-0.1, -0.05) is 196 Å². The topological polar surface area (TPSA) is 24.6 Å². The second-order valence-electron chi connectivity index (χ2n) is 34.0. The van der Waals surface area contributed by atoms with Crippen molar-refractivity contribution in [2.75, 3.05) is 9.80 Å². The van der Waals surface area contributed by atoms with Crippen molar-refractivity contribution in [3.8, 4) is 27.9 Å². The summed E-state index contributed by atoms with van der Waals surface area (Å²) in [7, 11) is 0. The summed E-state index contributed by atoms with van der Waals surface area (Å²) in [5.41, 5.74) is 34.6. The average Bonchev–Trinajstić information content (AvgIpc) is 1.67. The summed E-state index contributed by atoms with van der Waals surface area (Å²) in [5.74, 6) is 0. The van der Waals surface area contributed by atoms with Gasteiger partial charge in [0, 0.05) is 55.4 Å². The number of anilines is 6. The maximum Gasteiger partial charge on any atom is 0.297 e. The monoisotopic (exact) mass is 1190 g/mol. The quantitative estimate of drug-likeness (QED) is 0.165. The normalized spacial score (nSPS) is 20.2. The zero-order valence-electron chi connectivity index (χ0n) is 56.6. The van der Waals surface area contributed by atoms with Crippen LogP contribution < -0.4 is 26.4 Å². The highest BCUT2D eigenvalue weighted by molar-refractivity contribution is 7.00. The molecule has 2 aromatic heterocycles. The fourth-order valence-corrected chi connectivity index (χ4v) is 19.4. The van der Waals surface area contributed by atoms with Crippen molar-refractivity contribution >= 4 is 90.2 Å². The van der Waals surface area contributed by atoms with E-state index in [1.165, 1.54) is 139 Å². The number of para-hydroxylation sites is 1. The van der Waals surface area contributed by atoms with E-state index >= 15 is 0 Å². The SMILES string of the molecule is CC1(C)CCC(C)(C)c2cc(N3c4cc5c(cc4B4c6oc7cc8c(cc7c6N(c6ccccc6)c6cc(-n7c9cc%10c(cc9c9c%11c(ccc97)-c7ccccc7C%11(C)C)-c7ccccc7C%10(C)C)cc3c64)C(C)(C)CCC8(C)C)C(C)(C)CCC5(C)C)ccc21. The van der Waals surface area contributed by atoms with Gasteiger partial charge in [-0.3, -0.25) is 0 Å². The Morgan fingerprint density at radius 3 is 1.54 bits per heavy atom. The molecule has 0 fully saturated rings. The molecular weight excluding hydrogens is 1100 g/mol. The van der Waals surface area contributed by atoms with E-state index in [9.17, 15) is 0 Å². The first kappa shape index (κ1) is 55.8. The first-order chi connectivity index (χ1) is 43.1. The summed E-state index contributed by atoms with van der Waals surface area (Å²) in [5, 5.41) is 3.84. The highest BCUT2D eigenvalue weighted by atomic mass is 16.3. The lowest BCUT2D eigenvalue weighted by molar-refractivity contribution is 0.332. The second kappa shape index (κ2) is 17.6. The van der Waals surface area contributed by atoms with E-state index in [0.29, 0.717) is 0 Å². The number of hydrogen-bond donors (Lipinski definition) is 0. The van der Waals surface area contributed by atoms with E-state index in [0.717, 1.165) is 66.8 Å². The molecule has 0 amide bonds. The number of nitrogens with zero attached hydrogens (tertiary/aromatic N) is 3.